The summed E-state index contributed by atoms with van der Waals surface area (Å²) in [4.78, 5) is 13.1. The number of unbranched alkanes of at least 4 members (excludes halogenated alkanes) is 2. The molecule has 0 spiro atoms. The van der Waals surface area contributed by atoms with Gasteiger partial charge in [0, 0.05) is 74.7 Å². The largest absolute Gasteiger partial charge is 0.385 e. The number of hydrogen-bond acceptors (Lipinski definition) is 11. The molecular weight excluding hydrogens is 777 g/mol. The Morgan fingerprint density at radius 3 is 2.09 bits per heavy atom. The predicted octanol–water partition coefficient (Wildman–Crippen LogP) is 3.66. The monoisotopic (exact) mass is 827 g/mol. The van der Waals surface area contributed by atoms with Crippen molar-refractivity contribution in [2.24, 2.45) is 5.84 Å². The summed E-state index contributed by atoms with van der Waals surface area (Å²) in [6.45, 7) is 5.23. The van der Waals surface area contributed by atoms with Crippen molar-refractivity contribution in [1.29, 1.82) is 0 Å². The third kappa shape index (κ3) is 10.3. The summed E-state index contributed by atoms with van der Waals surface area (Å²) in [7, 11) is -10.3. The van der Waals surface area contributed by atoms with Gasteiger partial charge in [-0.05, 0) is 87.9 Å². The number of nitrogens with one attached hydrogen (secondary N) is 1. The SMILES string of the molecule is COCCN1/C(=C/C=C/C2=[N+](CCCCCC(=O)NN)c3ccc(S(=O)(=O)O)cc3C2(C)CCOC)C(C)(CCCS(=O)(=O)O)c2cc(S(=O)(=O)O)ccc21. The van der Waals surface area contributed by atoms with Gasteiger partial charge in [0.25, 0.3) is 30.4 Å². The average molecular weight is 828 g/mol. The summed E-state index contributed by atoms with van der Waals surface area (Å²) in [6, 6.07) is 8.72. The molecule has 2 atom stereocenters. The number of benzene rings is 2. The Morgan fingerprint density at radius 2 is 1.49 bits per heavy atom. The van der Waals surface area contributed by atoms with E-state index in [2.05, 4.69) is 10.0 Å². The van der Waals surface area contributed by atoms with Gasteiger partial charge < -0.3 is 14.4 Å². The van der Waals surface area contributed by atoms with Crippen LogP contribution in [-0.4, -0.2) is 101 Å². The fourth-order valence-corrected chi connectivity index (χ4v) is 9.05. The molecule has 304 valence electrons. The molecule has 2 aliphatic rings. The van der Waals surface area contributed by atoms with Gasteiger partial charge in [-0.15, -0.1) is 0 Å². The lowest BCUT2D eigenvalue weighted by Gasteiger charge is -2.30. The van der Waals surface area contributed by atoms with Gasteiger partial charge in [-0.1, -0.05) is 6.08 Å². The van der Waals surface area contributed by atoms with Crippen LogP contribution in [0.3, 0.4) is 0 Å². The zero-order valence-electron chi connectivity index (χ0n) is 31.4. The van der Waals surface area contributed by atoms with Crippen molar-refractivity contribution < 1.29 is 57.8 Å². The number of anilines is 1. The van der Waals surface area contributed by atoms with E-state index in [9.17, 15) is 43.7 Å². The first-order valence-electron chi connectivity index (χ1n) is 17.7. The third-order valence-electron chi connectivity index (χ3n) is 10.4. The van der Waals surface area contributed by atoms with Crippen molar-refractivity contribution in [1.82, 2.24) is 5.43 Å². The van der Waals surface area contributed by atoms with Gasteiger partial charge in [0.15, 0.2) is 5.71 Å². The van der Waals surface area contributed by atoms with Gasteiger partial charge in [0.05, 0.1) is 27.6 Å². The highest BCUT2D eigenvalue weighted by Crippen LogP contribution is 2.51. The highest BCUT2D eigenvalue weighted by molar-refractivity contribution is 7.86. The number of ether oxygens (including phenoxy) is 2. The van der Waals surface area contributed by atoms with E-state index in [1.54, 1.807) is 19.2 Å². The molecular formula is C36H51N4O12S3+. The van der Waals surface area contributed by atoms with Gasteiger partial charge in [-0.2, -0.15) is 29.8 Å². The van der Waals surface area contributed by atoms with E-state index < -0.39 is 46.9 Å². The van der Waals surface area contributed by atoms with Gasteiger partial charge in [0.2, 0.25) is 11.6 Å². The Hall–Kier alpha value is -3.53. The number of rotatable bonds is 20. The van der Waals surface area contributed by atoms with Gasteiger partial charge in [-0.25, -0.2) is 5.84 Å². The number of amides is 1. The van der Waals surface area contributed by atoms with Crippen LogP contribution in [0.2, 0.25) is 0 Å². The summed E-state index contributed by atoms with van der Waals surface area (Å²) >= 11 is 0. The lowest BCUT2D eigenvalue weighted by molar-refractivity contribution is -0.438. The number of hydrazine groups is 1. The molecule has 0 bridgehead atoms. The fraction of sp³-hybridized carbons (Fsp3) is 0.500. The van der Waals surface area contributed by atoms with Crippen LogP contribution in [0.15, 0.2) is 70.1 Å². The van der Waals surface area contributed by atoms with Crippen molar-refractivity contribution in [3.63, 3.8) is 0 Å². The zero-order chi connectivity index (χ0) is 40.8. The van der Waals surface area contributed by atoms with E-state index in [0.717, 1.165) is 11.4 Å². The highest BCUT2D eigenvalue weighted by Gasteiger charge is 2.48. The number of hydrogen-bond donors (Lipinski definition) is 5. The number of nitrogens with zero attached hydrogens (tertiary/aromatic N) is 2. The Kier molecular flexibility index (Phi) is 14.2. The van der Waals surface area contributed by atoms with Crippen LogP contribution in [0.5, 0.6) is 0 Å². The first-order valence-corrected chi connectivity index (χ1v) is 22.2. The van der Waals surface area contributed by atoms with Crippen molar-refractivity contribution in [3.05, 3.63) is 71.5 Å². The molecule has 0 aliphatic carbocycles. The van der Waals surface area contributed by atoms with E-state index in [-0.39, 0.29) is 41.6 Å². The van der Waals surface area contributed by atoms with Gasteiger partial charge >= 0.3 is 0 Å². The first-order chi connectivity index (χ1) is 25.7. The second-order valence-electron chi connectivity index (χ2n) is 14.1. The summed E-state index contributed by atoms with van der Waals surface area (Å²) in [6.07, 6.45) is 8.42. The Balaban J connectivity index is 1.89. The standard InChI is InChI=1S/C36H50N4O12S3/c1-35(17-9-23-53(42,43)44)28-24-26(54(45,46)47)14-16-31(28)40(20-22-52-4)32(35)10-8-11-33-36(2,18-21-51-3)29-25-27(55(48,49)50)13-15-30(29)39(33)19-7-5-6-12-34(41)38-37/h8,10-11,13-16,24-25H,5-7,9,12,17-23,37H2,1-4H3,(H3-,38,41,42,43,44,45,46,47,48,49,50)/p+1. The number of methoxy groups -OCH3 is 2. The Morgan fingerprint density at radius 1 is 0.855 bits per heavy atom. The molecule has 6 N–H and O–H groups in total. The Bertz CT molecular complexity index is 2190. The van der Waals surface area contributed by atoms with Crippen molar-refractivity contribution in [2.45, 2.75) is 79.4 Å². The lowest BCUT2D eigenvalue weighted by atomic mass is 9.76. The molecule has 0 saturated carbocycles. The van der Waals surface area contributed by atoms with E-state index in [0.29, 0.717) is 67.9 Å². The zero-order valence-corrected chi connectivity index (χ0v) is 33.8. The van der Waals surface area contributed by atoms with Crippen LogP contribution < -0.4 is 16.2 Å². The van der Waals surface area contributed by atoms with E-state index in [4.69, 9.17) is 15.3 Å². The maximum Gasteiger partial charge on any atom is 0.294 e. The topological polar surface area (TPSA) is 243 Å². The van der Waals surface area contributed by atoms with Crippen LogP contribution in [0, 0.1) is 0 Å². The number of carbonyl (C=O) groups excluding carboxylic acids is 1. The molecule has 4 rings (SSSR count). The molecule has 1 amide bonds. The molecule has 2 aromatic carbocycles. The minimum atomic E-state index is -4.59. The number of carbonyl (C=O) groups is 1. The second-order valence-corrected chi connectivity index (χ2v) is 18.5. The van der Waals surface area contributed by atoms with Crippen LogP contribution >= 0.6 is 0 Å². The summed E-state index contributed by atoms with van der Waals surface area (Å²) in [5.74, 6) is 4.43. The summed E-state index contributed by atoms with van der Waals surface area (Å²) < 4.78 is 115. The van der Waals surface area contributed by atoms with Crippen molar-refractivity contribution in [2.75, 3.05) is 51.2 Å². The van der Waals surface area contributed by atoms with Gasteiger partial charge in [0.1, 0.15) is 6.54 Å². The lowest BCUT2D eigenvalue weighted by Crippen LogP contribution is -2.33. The van der Waals surface area contributed by atoms with E-state index in [1.165, 1.54) is 31.4 Å². The normalized spacial score (nSPS) is 20.8. The molecule has 0 radical (unpaired) electrons. The van der Waals surface area contributed by atoms with Gasteiger partial charge in [-0.3, -0.25) is 23.9 Å². The highest BCUT2D eigenvalue weighted by atomic mass is 32.2. The molecule has 2 heterocycles. The molecule has 16 nitrogen and oxygen atoms in total. The maximum absolute atomic E-state index is 12.3. The number of nitrogens with two attached hydrogens (primary N) is 1. The van der Waals surface area contributed by atoms with Crippen LogP contribution in [0.4, 0.5) is 11.4 Å². The molecule has 0 saturated heterocycles. The quantitative estimate of drug-likeness (QED) is 0.0320. The number of allylic oxidation sites excluding steroid dienone is 4. The summed E-state index contributed by atoms with van der Waals surface area (Å²) in [5.41, 5.74) is 4.35. The molecule has 19 heteroatoms. The maximum atomic E-state index is 12.3. The van der Waals surface area contributed by atoms with Crippen LogP contribution in [0.1, 0.15) is 69.9 Å². The third-order valence-corrected chi connectivity index (χ3v) is 12.9. The molecule has 0 fully saturated rings. The average Bonchev–Trinajstić information content (AvgIpc) is 3.48. The first kappa shape index (κ1) is 44.2. The summed E-state index contributed by atoms with van der Waals surface area (Å²) in [5, 5.41) is 0. The van der Waals surface area contributed by atoms with E-state index in [1.807, 2.05) is 37.0 Å². The van der Waals surface area contributed by atoms with E-state index >= 15 is 0 Å². The molecule has 2 aliphatic heterocycles. The molecule has 2 unspecified atom stereocenters. The fourth-order valence-electron chi connectivity index (χ4n) is 7.52. The predicted molar refractivity (Wildman–Crippen MR) is 206 cm³/mol. The van der Waals surface area contributed by atoms with Crippen molar-refractivity contribution in [3.8, 4) is 0 Å². The van der Waals surface area contributed by atoms with Crippen LogP contribution in [-0.2, 0) is 55.5 Å². The smallest absolute Gasteiger partial charge is 0.294 e. The molecule has 55 heavy (non-hydrogen) atoms. The van der Waals surface area contributed by atoms with Crippen LogP contribution in [0.25, 0.3) is 0 Å². The minimum Gasteiger partial charge on any atom is -0.385 e. The molecule has 2 aromatic rings. The van der Waals surface area contributed by atoms with Crippen molar-refractivity contribution >= 4 is 53.3 Å². The minimum absolute atomic E-state index is 0.0304. The number of fused-ring (bicyclic) bond motifs is 2. The second kappa shape index (κ2) is 17.7. The molecule has 0 aromatic heterocycles. The Labute approximate surface area is 323 Å².